The maximum absolute atomic E-state index is 12.4. The standard InChI is InChI=1S/C18H28F2N2O2/c1-13-4-5-14(2)18(15(13)3)24-12-16(23)10-21-6-8-22(9-7-21)11-17(19)20/h4-5,16-17,23H,6-12H2,1-3H3. The summed E-state index contributed by atoms with van der Waals surface area (Å²) >= 11 is 0. The number of piperazine rings is 1. The van der Waals surface area contributed by atoms with Gasteiger partial charge in [0.25, 0.3) is 6.43 Å². The van der Waals surface area contributed by atoms with Gasteiger partial charge in [-0.05, 0) is 37.5 Å². The van der Waals surface area contributed by atoms with E-state index in [9.17, 15) is 13.9 Å². The zero-order valence-corrected chi connectivity index (χ0v) is 14.8. The van der Waals surface area contributed by atoms with E-state index in [4.69, 9.17) is 4.74 Å². The number of aryl methyl sites for hydroxylation is 2. The number of hydrogen-bond acceptors (Lipinski definition) is 4. The lowest BCUT2D eigenvalue weighted by atomic mass is 10.1. The van der Waals surface area contributed by atoms with Crippen LogP contribution in [0.5, 0.6) is 5.75 Å². The van der Waals surface area contributed by atoms with Gasteiger partial charge in [0.2, 0.25) is 0 Å². The minimum atomic E-state index is -2.28. The molecule has 1 fully saturated rings. The van der Waals surface area contributed by atoms with E-state index in [0.717, 1.165) is 16.9 Å². The second kappa shape index (κ2) is 8.74. The highest BCUT2D eigenvalue weighted by molar-refractivity contribution is 5.44. The third kappa shape index (κ3) is 5.40. The molecule has 0 aliphatic carbocycles. The number of halogens is 2. The maximum atomic E-state index is 12.4. The van der Waals surface area contributed by atoms with Gasteiger partial charge in [-0.15, -0.1) is 0 Å². The van der Waals surface area contributed by atoms with E-state index >= 15 is 0 Å². The van der Waals surface area contributed by atoms with Crippen LogP contribution in [0.2, 0.25) is 0 Å². The second-order valence-electron chi connectivity index (χ2n) is 6.61. The Morgan fingerprint density at radius 1 is 1.00 bits per heavy atom. The summed E-state index contributed by atoms with van der Waals surface area (Å²) in [5.74, 6) is 0.843. The van der Waals surface area contributed by atoms with E-state index in [1.54, 1.807) is 4.90 Å². The zero-order chi connectivity index (χ0) is 17.7. The van der Waals surface area contributed by atoms with E-state index in [1.807, 2.05) is 26.8 Å². The van der Waals surface area contributed by atoms with E-state index < -0.39 is 12.5 Å². The van der Waals surface area contributed by atoms with Crippen LogP contribution in [0, 0.1) is 20.8 Å². The van der Waals surface area contributed by atoms with Crippen molar-refractivity contribution in [2.24, 2.45) is 0 Å². The Balaban J connectivity index is 1.77. The fourth-order valence-electron chi connectivity index (χ4n) is 3.03. The summed E-state index contributed by atoms with van der Waals surface area (Å²) < 4.78 is 30.6. The van der Waals surface area contributed by atoms with Crippen LogP contribution in [0.1, 0.15) is 16.7 Å². The molecule has 0 amide bonds. The number of nitrogens with zero attached hydrogens (tertiary/aromatic N) is 2. The summed E-state index contributed by atoms with van der Waals surface area (Å²) in [4.78, 5) is 3.87. The fourth-order valence-corrected chi connectivity index (χ4v) is 3.03. The van der Waals surface area contributed by atoms with Crippen molar-refractivity contribution in [2.75, 3.05) is 45.9 Å². The van der Waals surface area contributed by atoms with Crippen molar-refractivity contribution in [2.45, 2.75) is 33.3 Å². The first kappa shape index (κ1) is 19.1. The first-order valence-corrected chi connectivity index (χ1v) is 8.47. The van der Waals surface area contributed by atoms with Crippen molar-refractivity contribution >= 4 is 0 Å². The largest absolute Gasteiger partial charge is 0.490 e. The molecule has 0 saturated carbocycles. The van der Waals surface area contributed by atoms with E-state index in [0.29, 0.717) is 32.7 Å². The minimum absolute atomic E-state index is 0.161. The number of benzene rings is 1. The number of ether oxygens (including phenoxy) is 1. The fraction of sp³-hybridized carbons (Fsp3) is 0.667. The third-order valence-electron chi connectivity index (χ3n) is 4.62. The van der Waals surface area contributed by atoms with Gasteiger partial charge in [0.05, 0.1) is 6.54 Å². The molecule has 1 aromatic carbocycles. The lowest BCUT2D eigenvalue weighted by Gasteiger charge is -2.35. The number of aliphatic hydroxyl groups excluding tert-OH is 1. The highest BCUT2D eigenvalue weighted by Crippen LogP contribution is 2.25. The SMILES string of the molecule is Cc1ccc(C)c(OCC(O)CN2CCN(CC(F)F)CC2)c1C. The molecule has 1 atom stereocenters. The molecule has 1 N–H and O–H groups in total. The Morgan fingerprint density at radius 3 is 2.12 bits per heavy atom. The van der Waals surface area contributed by atoms with Crippen LogP contribution in [-0.4, -0.2) is 73.3 Å². The lowest BCUT2D eigenvalue weighted by molar-refractivity contribution is 0.0268. The first-order valence-electron chi connectivity index (χ1n) is 8.47. The summed E-state index contributed by atoms with van der Waals surface area (Å²) in [6.45, 7) is 9.28. The molecule has 1 saturated heterocycles. The number of aliphatic hydroxyl groups is 1. The zero-order valence-electron chi connectivity index (χ0n) is 14.8. The third-order valence-corrected chi connectivity index (χ3v) is 4.62. The lowest BCUT2D eigenvalue weighted by Crippen LogP contribution is -2.50. The van der Waals surface area contributed by atoms with E-state index in [2.05, 4.69) is 11.0 Å². The summed E-state index contributed by atoms with van der Waals surface area (Å²) in [7, 11) is 0. The van der Waals surface area contributed by atoms with Crippen LogP contribution in [0.15, 0.2) is 12.1 Å². The van der Waals surface area contributed by atoms with Gasteiger partial charge in [0, 0.05) is 32.7 Å². The molecule has 1 heterocycles. The van der Waals surface area contributed by atoms with Gasteiger partial charge in [-0.2, -0.15) is 0 Å². The van der Waals surface area contributed by atoms with Crippen LogP contribution in [0.3, 0.4) is 0 Å². The molecule has 1 unspecified atom stereocenters. The number of alkyl halides is 2. The predicted molar refractivity (Wildman–Crippen MR) is 91.0 cm³/mol. The number of rotatable bonds is 7. The monoisotopic (exact) mass is 342 g/mol. The normalized spacial score (nSPS) is 18.1. The van der Waals surface area contributed by atoms with Crippen LogP contribution < -0.4 is 4.74 Å². The van der Waals surface area contributed by atoms with Gasteiger partial charge in [-0.25, -0.2) is 8.78 Å². The topological polar surface area (TPSA) is 35.9 Å². The Kier molecular flexibility index (Phi) is 6.95. The van der Waals surface area contributed by atoms with Crippen LogP contribution in [-0.2, 0) is 0 Å². The molecular formula is C18H28F2N2O2. The van der Waals surface area contributed by atoms with Crippen molar-refractivity contribution in [1.82, 2.24) is 9.80 Å². The van der Waals surface area contributed by atoms with E-state index in [1.165, 1.54) is 5.56 Å². The van der Waals surface area contributed by atoms with E-state index in [-0.39, 0.29) is 13.2 Å². The maximum Gasteiger partial charge on any atom is 0.251 e. The molecule has 1 aromatic rings. The molecule has 6 heteroatoms. The van der Waals surface area contributed by atoms with Crippen LogP contribution >= 0.6 is 0 Å². The van der Waals surface area contributed by atoms with Gasteiger partial charge in [0.15, 0.2) is 0 Å². The summed E-state index contributed by atoms with van der Waals surface area (Å²) in [5.41, 5.74) is 3.33. The van der Waals surface area contributed by atoms with Crippen molar-refractivity contribution < 1.29 is 18.6 Å². The second-order valence-corrected chi connectivity index (χ2v) is 6.61. The van der Waals surface area contributed by atoms with Crippen molar-refractivity contribution in [3.05, 3.63) is 28.8 Å². The van der Waals surface area contributed by atoms with Gasteiger partial charge < -0.3 is 9.84 Å². The predicted octanol–water partition coefficient (Wildman–Crippen LogP) is 2.23. The average Bonchev–Trinajstić information content (AvgIpc) is 2.52. The Bertz CT molecular complexity index is 532. The van der Waals surface area contributed by atoms with Crippen molar-refractivity contribution in [3.8, 4) is 5.75 Å². The molecular weight excluding hydrogens is 314 g/mol. The molecule has 4 nitrogen and oxygen atoms in total. The van der Waals surface area contributed by atoms with Crippen LogP contribution in [0.4, 0.5) is 8.78 Å². The molecule has 0 bridgehead atoms. The molecule has 1 aliphatic heterocycles. The van der Waals surface area contributed by atoms with Gasteiger partial charge >= 0.3 is 0 Å². The van der Waals surface area contributed by atoms with Crippen molar-refractivity contribution in [1.29, 1.82) is 0 Å². The molecule has 2 rings (SSSR count). The smallest absolute Gasteiger partial charge is 0.251 e. The quantitative estimate of drug-likeness (QED) is 0.824. The molecule has 0 spiro atoms. The highest BCUT2D eigenvalue weighted by atomic mass is 19.3. The summed E-state index contributed by atoms with van der Waals surface area (Å²) in [6, 6.07) is 4.08. The van der Waals surface area contributed by atoms with Gasteiger partial charge in [0.1, 0.15) is 18.5 Å². The Morgan fingerprint density at radius 2 is 1.54 bits per heavy atom. The number of hydrogen-bond donors (Lipinski definition) is 1. The van der Waals surface area contributed by atoms with Crippen LogP contribution in [0.25, 0.3) is 0 Å². The Hall–Kier alpha value is -1.24. The Labute approximate surface area is 143 Å². The average molecular weight is 342 g/mol. The van der Waals surface area contributed by atoms with Gasteiger partial charge in [-0.1, -0.05) is 12.1 Å². The molecule has 0 aromatic heterocycles. The highest BCUT2D eigenvalue weighted by Gasteiger charge is 2.21. The molecule has 24 heavy (non-hydrogen) atoms. The van der Waals surface area contributed by atoms with Gasteiger partial charge in [-0.3, -0.25) is 9.80 Å². The molecule has 0 radical (unpaired) electrons. The molecule has 1 aliphatic rings. The summed E-state index contributed by atoms with van der Waals surface area (Å²) in [5, 5.41) is 10.2. The number of β-amino-alcohol motifs (C(OH)–C–C–N with tert-alkyl or cyclic N) is 1. The van der Waals surface area contributed by atoms with Crippen molar-refractivity contribution in [3.63, 3.8) is 0 Å². The minimum Gasteiger partial charge on any atom is -0.490 e. The first-order chi connectivity index (χ1) is 11.4. The molecule has 136 valence electrons. The summed E-state index contributed by atoms with van der Waals surface area (Å²) in [6.07, 6.45) is -2.87.